The Balaban J connectivity index is 1.78. The topological polar surface area (TPSA) is 65.5 Å². The third-order valence-corrected chi connectivity index (χ3v) is 4.62. The number of carbonyl (C=O) groups excluding carboxylic acids is 1. The monoisotopic (exact) mass is 371 g/mol. The normalized spacial score (nSPS) is 12.6. The van der Waals surface area contributed by atoms with Crippen LogP contribution in [0.5, 0.6) is 0 Å². The number of pyridine rings is 1. The average Bonchev–Trinajstić information content (AvgIpc) is 2.72. The fraction of sp³-hybridized carbons (Fsp3) is 0.130. The SMILES string of the molecule is CC(=O)OCc1ccc(-c2nc3c(cc2-c2ccccc2)C=CN([O-])C3)cc1. The van der Waals surface area contributed by atoms with Crippen molar-refractivity contribution < 1.29 is 9.53 Å². The van der Waals surface area contributed by atoms with Crippen molar-refractivity contribution in [2.24, 2.45) is 0 Å². The third kappa shape index (κ3) is 3.80. The molecule has 0 spiro atoms. The van der Waals surface area contributed by atoms with Crippen molar-refractivity contribution in [1.29, 1.82) is 0 Å². The zero-order valence-electron chi connectivity index (χ0n) is 15.5. The van der Waals surface area contributed by atoms with Crippen LogP contribution in [-0.2, 0) is 22.7 Å². The van der Waals surface area contributed by atoms with Gasteiger partial charge < -0.3 is 15.0 Å². The maximum atomic E-state index is 11.7. The van der Waals surface area contributed by atoms with Crippen LogP contribution in [0.1, 0.15) is 23.7 Å². The summed E-state index contributed by atoms with van der Waals surface area (Å²) in [5.41, 5.74) is 6.47. The summed E-state index contributed by atoms with van der Waals surface area (Å²) in [5, 5.41) is 12.6. The second-order valence-corrected chi connectivity index (χ2v) is 6.65. The van der Waals surface area contributed by atoms with E-state index in [4.69, 9.17) is 9.72 Å². The van der Waals surface area contributed by atoms with Gasteiger partial charge in [-0.25, -0.2) is 4.98 Å². The number of carbonyl (C=O) groups is 1. The Hall–Kier alpha value is -3.44. The molecule has 0 saturated heterocycles. The summed E-state index contributed by atoms with van der Waals surface area (Å²) in [7, 11) is 0. The van der Waals surface area contributed by atoms with Crippen molar-refractivity contribution in [3.05, 3.63) is 88.9 Å². The molecule has 3 aromatic rings. The van der Waals surface area contributed by atoms with E-state index < -0.39 is 0 Å². The van der Waals surface area contributed by atoms with Gasteiger partial charge in [-0.15, -0.1) is 0 Å². The van der Waals surface area contributed by atoms with Crippen LogP contribution in [0, 0.1) is 5.21 Å². The van der Waals surface area contributed by atoms with Gasteiger partial charge in [0.05, 0.1) is 11.4 Å². The van der Waals surface area contributed by atoms with Crippen molar-refractivity contribution in [3.63, 3.8) is 0 Å². The molecule has 4 rings (SSSR count). The van der Waals surface area contributed by atoms with E-state index in [0.29, 0.717) is 0 Å². The lowest BCUT2D eigenvalue weighted by molar-refractivity contribution is -0.142. The summed E-state index contributed by atoms with van der Waals surface area (Å²) in [4.78, 5) is 15.8. The molecule has 0 saturated carbocycles. The predicted molar refractivity (Wildman–Crippen MR) is 109 cm³/mol. The molecule has 0 N–H and O–H groups in total. The fourth-order valence-electron chi connectivity index (χ4n) is 3.20. The number of benzene rings is 2. The highest BCUT2D eigenvalue weighted by molar-refractivity contribution is 5.83. The van der Waals surface area contributed by atoms with Crippen molar-refractivity contribution in [2.75, 3.05) is 0 Å². The van der Waals surface area contributed by atoms with E-state index >= 15 is 0 Å². The maximum Gasteiger partial charge on any atom is 0.302 e. The van der Waals surface area contributed by atoms with Gasteiger partial charge in [0, 0.05) is 24.6 Å². The van der Waals surface area contributed by atoms with Crippen LogP contribution in [0.25, 0.3) is 28.5 Å². The fourth-order valence-corrected chi connectivity index (χ4v) is 3.20. The van der Waals surface area contributed by atoms with Crippen molar-refractivity contribution in [3.8, 4) is 22.4 Å². The number of ether oxygens (including phenoxy) is 1. The van der Waals surface area contributed by atoms with E-state index in [1.54, 1.807) is 6.08 Å². The Morgan fingerprint density at radius 1 is 1.11 bits per heavy atom. The van der Waals surface area contributed by atoms with Crippen LogP contribution in [0.2, 0.25) is 0 Å². The number of hydrogen-bond donors (Lipinski definition) is 0. The molecule has 0 aliphatic carbocycles. The Kier molecular flexibility index (Phi) is 4.91. The van der Waals surface area contributed by atoms with Crippen molar-refractivity contribution in [1.82, 2.24) is 10.0 Å². The smallest absolute Gasteiger partial charge is 0.302 e. The molecule has 2 heterocycles. The lowest BCUT2D eigenvalue weighted by atomic mass is 9.95. The summed E-state index contributed by atoms with van der Waals surface area (Å²) >= 11 is 0. The summed E-state index contributed by atoms with van der Waals surface area (Å²) in [6.45, 7) is 1.87. The maximum absolute atomic E-state index is 11.7. The van der Waals surface area contributed by atoms with Gasteiger partial charge in [-0.3, -0.25) is 4.79 Å². The number of fused-ring (bicyclic) bond motifs is 1. The Morgan fingerprint density at radius 3 is 2.57 bits per heavy atom. The molecule has 140 valence electrons. The second-order valence-electron chi connectivity index (χ2n) is 6.65. The number of rotatable bonds is 4. The molecule has 28 heavy (non-hydrogen) atoms. The van der Waals surface area contributed by atoms with E-state index in [1.165, 1.54) is 13.1 Å². The van der Waals surface area contributed by atoms with E-state index in [1.807, 2.05) is 42.5 Å². The van der Waals surface area contributed by atoms with Gasteiger partial charge in [0.1, 0.15) is 6.61 Å². The summed E-state index contributed by atoms with van der Waals surface area (Å²) < 4.78 is 5.05. The minimum Gasteiger partial charge on any atom is -0.758 e. The molecule has 5 heteroatoms. The van der Waals surface area contributed by atoms with Gasteiger partial charge in [0.15, 0.2) is 0 Å². The molecule has 0 radical (unpaired) electrons. The summed E-state index contributed by atoms with van der Waals surface area (Å²) in [6, 6.07) is 19.9. The van der Waals surface area contributed by atoms with Crippen LogP contribution >= 0.6 is 0 Å². The lowest BCUT2D eigenvalue weighted by Crippen LogP contribution is -2.14. The van der Waals surface area contributed by atoms with Crippen LogP contribution < -0.4 is 0 Å². The molecule has 5 nitrogen and oxygen atoms in total. The Morgan fingerprint density at radius 2 is 1.86 bits per heavy atom. The first-order chi connectivity index (χ1) is 13.6. The number of esters is 1. The van der Waals surface area contributed by atoms with E-state index in [9.17, 15) is 10.0 Å². The molecule has 0 amide bonds. The number of aromatic nitrogens is 1. The number of hydroxylamine groups is 2. The van der Waals surface area contributed by atoms with Crippen LogP contribution in [-0.4, -0.2) is 16.0 Å². The van der Waals surface area contributed by atoms with E-state index in [-0.39, 0.29) is 19.1 Å². The number of nitrogens with zero attached hydrogens (tertiary/aromatic N) is 2. The lowest BCUT2D eigenvalue weighted by Gasteiger charge is -2.30. The van der Waals surface area contributed by atoms with Gasteiger partial charge in [0.25, 0.3) is 0 Å². The first kappa shape index (κ1) is 17.9. The second kappa shape index (κ2) is 7.66. The highest BCUT2D eigenvalue weighted by Crippen LogP contribution is 2.34. The minimum atomic E-state index is -0.304. The third-order valence-electron chi connectivity index (χ3n) is 4.62. The average molecular weight is 371 g/mol. The first-order valence-electron chi connectivity index (χ1n) is 9.04. The van der Waals surface area contributed by atoms with Crippen molar-refractivity contribution >= 4 is 12.0 Å². The molecule has 1 aliphatic heterocycles. The van der Waals surface area contributed by atoms with Gasteiger partial charge in [-0.1, -0.05) is 54.6 Å². The minimum absolute atomic E-state index is 0.235. The highest BCUT2D eigenvalue weighted by Gasteiger charge is 2.16. The van der Waals surface area contributed by atoms with Crippen LogP contribution in [0.3, 0.4) is 0 Å². The quantitative estimate of drug-likeness (QED) is 0.619. The molecule has 0 unspecified atom stereocenters. The van der Waals surface area contributed by atoms with E-state index in [2.05, 4.69) is 18.2 Å². The molecule has 0 fully saturated rings. The van der Waals surface area contributed by atoms with Crippen LogP contribution in [0.4, 0.5) is 0 Å². The van der Waals surface area contributed by atoms with Gasteiger partial charge in [0.2, 0.25) is 0 Å². The summed E-state index contributed by atoms with van der Waals surface area (Å²) in [6.07, 6.45) is 3.33. The zero-order chi connectivity index (χ0) is 19.5. The van der Waals surface area contributed by atoms with Gasteiger partial charge in [-0.05, 0) is 35.0 Å². The zero-order valence-corrected chi connectivity index (χ0v) is 15.5. The molecule has 2 aromatic carbocycles. The van der Waals surface area contributed by atoms with Crippen LogP contribution in [0.15, 0.2) is 66.9 Å². The largest absolute Gasteiger partial charge is 0.758 e. The molecule has 0 atom stereocenters. The molecule has 1 aromatic heterocycles. The van der Waals surface area contributed by atoms with Crippen molar-refractivity contribution in [2.45, 2.75) is 20.1 Å². The molecule has 0 bridgehead atoms. The van der Waals surface area contributed by atoms with Gasteiger partial charge >= 0.3 is 5.97 Å². The molecular formula is C23H19N2O3-. The Labute approximate surface area is 163 Å². The Bertz CT molecular complexity index is 1030. The number of hydrogen-bond acceptors (Lipinski definition) is 5. The predicted octanol–water partition coefficient (Wildman–Crippen LogP) is 4.76. The summed E-state index contributed by atoms with van der Waals surface area (Å²) in [5.74, 6) is -0.304. The standard InChI is InChI=1S/C23H19N2O3/c1-16(26)28-15-17-7-9-19(10-8-17)23-21(18-5-3-2-4-6-18)13-20-11-12-25(27)14-22(20)24-23/h2-13H,14-15H2,1H3/q-1. The molecular weight excluding hydrogens is 352 g/mol. The van der Waals surface area contributed by atoms with E-state index in [0.717, 1.165) is 44.3 Å². The highest BCUT2D eigenvalue weighted by atomic mass is 16.5. The molecule has 1 aliphatic rings. The first-order valence-corrected chi connectivity index (χ1v) is 9.04. The van der Waals surface area contributed by atoms with Gasteiger partial charge in [-0.2, -0.15) is 0 Å².